The van der Waals surface area contributed by atoms with Crippen LogP contribution in [-0.2, 0) is 4.79 Å². The Balaban J connectivity index is 2.54. The lowest BCUT2D eigenvalue weighted by Crippen LogP contribution is -1.93. The quantitative estimate of drug-likeness (QED) is 0.717. The maximum atomic E-state index is 13.0. The van der Waals surface area contributed by atoms with Gasteiger partial charge in [0, 0.05) is 18.0 Å². The summed E-state index contributed by atoms with van der Waals surface area (Å²) in [5, 5.41) is 0. The minimum atomic E-state index is -0.463. The molecule has 1 heterocycles. The van der Waals surface area contributed by atoms with Crippen molar-refractivity contribution in [2.24, 2.45) is 0 Å². The van der Waals surface area contributed by atoms with Gasteiger partial charge in [0.15, 0.2) is 0 Å². The summed E-state index contributed by atoms with van der Waals surface area (Å²) in [6.07, 6.45) is 6.43. The van der Waals surface area contributed by atoms with E-state index in [0.717, 1.165) is 6.07 Å². The van der Waals surface area contributed by atoms with Gasteiger partial charge in [0.1, 0.15) is 5.82 Å². The van der Waals surface area contributed by atoms with E-state index in [0.29, 0.717) is 5.69 Å². The molecule has 3 nitrogen and oxygen atoms in total. The Kier molecular flexibility index (Phi) is 2.10. The zero-order valence-corrected chi connectivity index (χ0v) is 7.14. The summed E-state index contributed by atoms with van der Waals surface area (Å²) in [5.74, 6) is -0.463. The molecule has 0 N–H and O–H groups in total. The molecule has 2 aromatic rings. The number of rotatable bonds is 2. The van der Waals surface area contributed by atoms with Crippen molar-refractivity contribution in [1.82, 2.24) is 9.55 Å². The summed E-state index contributed by atoms with van der Waals surface area (Å²) >= 11 is 0. The second-order valence-corrected chi connectivity index (χ2v) is 2.77. The van der Waals surface area contributed by atoms with Crippen LogP contribution >= 0.6 is 0 Å². The molecule has 0 aliphatic heterocycles. The van der Waals surface area contributed by atoms with Crippen molar-refractivity contribution in [3.63, 3.8) is 0 Å². The smallest absolute Gasteiger partial charge is 0.233 e. The Morgan fingerprint density at radius 1 is 1.36 bits per heavy atom. The standard InChI is InChI=1S/C10H6FN2O/c11-9-3-8(6-14)4-10(5-9)13-2-1-12-7-13/h1-5,7H. The first-order valence-corrected chi connectivity index (χ1v) is 3.96. The average molecular weight is 189 g/mol. The maximum Gasteiger partial charge on any atom is 0.233 e. The minimum absolute atomic E-state index is 0.189. The molecule has 0 saturated heterocycles. The van der Waals surface area contributed by atoms with Gasteiger partial charge in [0.25, 0.3) is 0 Å². The van der Waals surface area contributed by atoms with Crippen LogP contribution in [0.5, 0.6) is 0 Å². The van der Waals surface area contributed by atoms with Gasteiger partial charge in [-0.25, -0.2) is 9.37 Å². The Labute approximate surface area is 79.8 Å². The van der Waals surface area contributed by atoms with Crippen molar-refractivity contribution < 1.29 is 9.18 Å². The van der Waals surface area contributed by atoms with Crippen LogP contribution in [0.1, 0.15) is 5.56 Å². The minimum Gasteiger partial charge on any atom is -0.306 e. The Hall–Kier alpha value is -1.97. The summed E-state index contributed by atoms with van der Waals surface area (Å²) in [6.45, 7) is 0. The monoisotopic (exact) mass is 189 g/mol. The van der Waals surface area contributed by atoms with Crippen LogP contribution in [0.15, 0.2) is 36.9 Å². The molecule has 0 atom stereocenters. The van der Waals surface area contributed by atoms with Crippen LogP contribution in [0.2, 0.25) is 0 Å². The van der Waals surface area contributed by atoms with Crippen molar-refractivity contribution in [3.8, 4) is 5.69 Å². The summed E-state index contributed by atoms with van der Waals surface area (Å²) in [5.41, 5.74) is 0.745. The molecular formula is C10H6FN2O. The average Bonchev–Trinajstić information content (AvgIpc) is 2.69. The second-order valence-electron chi connectivity index (χ2n) is 2.77. The largest absolute Gasteiger partial charge is 0.306 e. The van der Waals surface area contributed by atoms with Crippen molar-refractivity contribution >= 4 is 6.29 Å². The molecule has 2 rings (SSSR count). The zero-order valence-electron chi connectivity index (χ0n) is 7.14. The molecule has 1 aromatic heterocycles. The van der Waals surface area contributed by atoms with E-state index in [1.165, 1.54) is 18.5 Å². The molecular weight excluding hydrogens is 183 g/mol. The van der Waals surface area contributed by atoms with Gasteiger partial charge in [-0.05, 0) is 18.2 Å². The lowest BCUT2D eigenvalue weighted by atomic mass is 10.2. The van der Waals surface area contributed by atoms with Gasteiger partial charge in [-0.1, -0.05) is 0 Å². The highest BCUT2D eigenvalue weighted by molar-refractivity contribution is 5.76. The number of hydrogen-bond donors (Lipinski definition) is 0. The third-order valence-corrected chi connectivity index (χ3v) is 1.80. The van der Waals surface area contributed by atoms with Crippen LogP contribution < -0.4 is 0 Å². The summed E-state index contributed by atoms with van der Waals surface area (Å²) in [7, 11) is 0. The molecule has 0 saturated carbocycles. The fourth-order valence-electron chi connectivity index (χ4n) is 1.19. The van der Waals surface area contributed by atoms with Crippen molar-refractivity contribution in [2.75, 3.05) is 0 Å². The molecule has 0 aliphatic rings. The number of aromatic nitrogens is 2. The number of carbonyl (C=O) groups excluding carboxylic acids is 1. The highest BCUT2D eigenvalue weighted by atomic mass is 19.1. The van der Waals surface area contributed by atoms with Gasteiger partial charge in [-0.2, -0.15) is 0 Å². The highest BCUT2D eigenvalue weighted by Gasteiger charge is 2.01. The highest BCUT2D eigenvalue weighted by Crippen LogP contribution is 2.11. The number of hydrogen-bond acceptors (Lipinski definition) is 2. The predicted octanol–water partition coefficient (Wildman–Crippen LogP) is 1.47. The van der Waals surface area contributed by atoms with Gasteiger partial charge >= 0.3 is 0 Å². The molecule has 0 bridgehead atoms. The molecule has 0 unspecified atom stereocenters. The van der Waals surface area contributed by atoms with E-state index in [2.05, 4.69) is 4.98 Å². The molecule has 69 valence electrons. The maximum absolute atomic E-state index is 13.0. The van der Waals surface area contributed by atoms with E-state index in [1.807, 2.05) is 0 Å². The molecule has 0 aliphatic carbocycles. The number of halogens is 1. The van der Waals surface area contributed by atoms with Crippen molar-refractivity contribution in [3.05, 3.63) is 48.3 Å². The summed E-state index contributed by atoms with van der Waals surface area (Å²) in [4.78, 5) is 14.2. The lowest BCUT2D eigenvalue weighted by molar-refractivity contribution is 0.561. The Bertz CT molecular complexity index is 451. The first-order valence-electron chi connectivity index (χ1n) is 3.96. The zero-order chi connectivity index (χ0) is 9.97. The first-order chi connectivity index (χ1) is 6.79. The van der Waals surface area contributed by atoms with E-state index in [1.54, 1.807) is 23.2 Å². The third kappa shape index (κ3) is 1.54. The van der Waals surface area contributed by atoms with Gasteiger partial charge in [-0.3, -0.25) is 4.79 Å². The van der Waals surface area contributed by atoms with Gasteiger partial charge < -0.3 is 4.57 Å². The molecule has 1 aromatic carbocycles. The van der Waals surface area contributed by atoms with E-state index in [-0.39, 0.29) is 5.56 Å². The number of nitrogens with zero attached hydrogens (tertiary/aromatic N) is 2. The Morgan fingerprint density at radius 3 is 2.86 bits per heavy atom. The molecule has 0 spiro atoms. The van der Waals surface area contributed by atoms with E-state index < -0.39 is 5.82 Å². The van der Waals surface area contributed by atoms with Crippen LogP contribution in [0.25, 0.3) is 5.69 Å². The predicted molar refractivity (Wildman–Crippen MR) is 48.3 cm³/mol. The van der Waals surface area contributed by atoms with Crippen LogP contribution in [0.4, 0.5) is 4.39 Å². The molecule has 0 fully saturated rings. The Morgan fingerprint density at radius 2 is 2.21 bits per heavy atom. The van der Waals surface area contributed by atoms with E-state index in [4.69, 9.17) is 0 Å². The summed E-state index contributed by atoms with van der Waals surface area (Å²) < 4.78 is 14.6. The SMILES string of the molecule is O=[C]c1cc(F)cc(-n2ccnc2)c1. The molecule has 14 heavy (non-hydrogen) atoms. The van der Waals surface area contributed by atoms with Gasteiger partial charge in [-0.15, -0.1) is 0 Å². The van der Waals surface area contributed by atoms with Crippen LogP contribution in [0.3, 0.4) is 0 Å². The van der Waals surface area contributed by atoms with Crippen molar-refractivity contribution in [1.29, 1.82) is 0 Å². The fourth-order valence-corrected chi connectivity index (χ4v) is 1.19. The topological polar surface area (TPSA) is 34.9 Å². The van der Waals surface area contributed by atoms with Crippen LogP contribution in [-0.4, -0.2) is 15.8 Å². The second kappa shape index (κ2) is 3.41. The fraction of sp³-hybridized carbons (Fsp3) is 0. The number of imidazole rings is 1. The molecule has 0 amide bonds. The molecule has 1 radical (unpaired) electrons. The first kappa shape index (κ1) is 8.62. The normalized spacial score (nSPS) is 10.1. The summed E-state index contributed by atoms with van der Waals surface area (Å²) in [6, 6.07) is 3.99. The lowest BCUT2D eigenvalue weighted by Gasteiger charge is -2.02. The van der Waals surface area contributed by atoms with Crippen molar-refractivity contribution in [2.45, 2.75) is 0 Å². The van der Waals surface area contributed by atoms with Gasteiger partial charge in [0.2, 0.25) is 6.29 Å². The number of benzene rings is 1. The van der Waals surface area contributed by atoms with E-state index >= 15 is 0 Å². The molecule has 4 heteroatoms. The third-order valence-electron chi connectivity index (χ3n) is 1.80. The van der Waals surface area contributed by atoms with E-state index in [9.17, 15) is 9.18 Å². The van der Waals surface area contributed by atoms with Gasteiger partial charge in [0.05, 0.1) is 12.0 Å². The van der Waals surface area contributed by atoms with Crippen LogP contribution in [0, 0.1) is 5.82 Å².